The zero-order valence-electron chi connectivity index (χ0n) is 10.6. The van der Waals surface area contributed by atoms with Gasteiger partial charge in [0.2, 0.25) is 0 Å². The Hall–Kier alpha value is -0.980. The number of hydrogen-bond donors (Lipinski definition) is 1. The monoisotopic (exact) mass is 205 g/mol. The standard InChI is InChI=1S/C14H23N/c1-6-11(2)12-9-7-8-10-13(12)15-14(3,4)5/h7-11,15H,6H2,1-5H3. The summed E-state index contributed by atoms with van der Waals surface area (Å²) in [5.74, 6) is 0.621. The van der Waals surface area contributed by atoms with Crippen LogP contribution in [0.15, 0.2) is 24.3 Å². The number of benzene rings is 1. The van der Waals surface area contributed by atoms with Gasteiger partial charge in [0, 0.05) is 11.2 Å². The summed E-state index contributed by atoms with van der Waals surface area (Å²) >= 11 is 0. The molecule has 0 heterocycles. The van der Waals surface area contributed by atoms with Crippen LogP contribution in [0, 0.1) is 0 Å². The highest BCUT2D eigenvalue weighted by Crippen LogP contribution is 2.28. The van der Waals surface area contributed by atoms with E-state index in [9.17, 15) is 0 Å². The highest BCUT2D eigenvalue weighted by molar-refractivity contribution is 5.54. The molecule has 0 radical (unpaired) electrons. The molecule has 1 rings (SSSR count). The van der Waals surface area contributed by atoms with Gasteiger partial charge in [0.25, 0.3) is 0 Å². The largest absolute Gasteiger partial charge is 0.380 e. The van der Waals surface area contributed by atoms with Crippen LogP contribution >= 0.6 is 0 Å². The molecule has 0 aromatic heterocycles. The highest BCUT2D eigenvalue weighted by atomic mass is 15.0. The third-order valence-corrected chi connectivity index (χ3v) is 2.61. The van der Waals surface area contributed by atoms with Crippen molar-refractivity contribution in [3.63, 3.8) is 0 Å². The number of hydrogen-bond acceptors (Lipinski definition) is 1. The van der Waals surface area contributed by atoms with Crippen molar-refractivity contribution in [2.45, 2.75) is 52.5 Å². The lowest BCUT2D eigenvalue weighted by atomic mass is 9.95. The average Bonchev–Trinajstić information content (AvgIpc) is 2.15. The maximum Gasteiger partial charge on any atom is 0.0379 e. The minimum Gasteiger partial charge on any atom is -0.380 e. The molecule has 0 aliphatic heterocycles. The molecule has 0 fully saturated rings. The van der Waals surface area contributed by atoms with E-state index in [4.69, 9.17) is 0 Å². The first-order valence-electron chi connectivity index (χ1n) is 5.81. The lowest BCUT2D eigenvalue weighted by Crippen LogP contribution is -2.26. The van der Waals surface area contributed by atoms with Crippen molar-refractivity contribution in [2.24, 2.45) is 0 Å². The maximum atomic E-state index is 3.56. The molecule has 1 aromatic carbocycles. The molecule has 0 spiro atoms. The van der Waals surface area contributed by atoms with E-state index in [1.807, 2.05) is 0 Å². The summed E-state index contributed by atoms with van der Waals surface area (Å²) in [6.07, 6.45) is 1.18. The van der Waals surface area contributed by atoms with Crippen LogP contribution in [0.1, 0.15) is 52.5 Å². The van der Waals surface area contributed by atoms with Crippen LogP contribution in [0.2, 0.25) is 0 Å². The second kappa shape index (κ2) is 4.69. The summed E-state index contributed by atoms with van der Waals surface area (Å²) in [6.45, 7) is 11.1. The summed E-state index contributed by atoms with van der Waals surface area (Å²) in [5.41, 5.74) is 2.83. The third-order valence-electron chi connectivity index (χ3n) is 2.61. The lowest BCUT2D eigenvalue weighted by molar-refractivity contribution is 0.629. The van der Waals surface area contributed by atoms with Crippen LogP contribution in [0.4, 0.5) is 5.69 Å². The Kier molecular flexibility index (Phi) is 3.78. The normalized spacial score (nSPS) is 13.7. The molecule has 0 amide bonds. The molecular formula is C14H23N. The Morgan fingerprint density at radius 1 is 1.20 bits per heavy atom. The van der Waals surface area contributed by atoms with E-state index in [0.29, 0.717) is 5.92 Å². The molecule has 15 heavy (non-hydrogen) atoms. The van der Waals surface area contributed by atoms with E-state index in [-0.39, 0.29) is 5.54 Å². The van der Waals surface area contributed by atoms with Crippen LogP contribution in [-0.4, -0.2) is 5.54 Å². The number of para-hydroxylation sites is 1. The van der Waals surface area contributed by atoms with Gasteiger partial charge < -0.3 is 5.32 Å². The Balaban J connectivity index is 2.96. The highest BCUT2D eigenvalue weighted by Gasteiger charge is 2.13. The van der Waals surface area contributed by atoms with E-state index in [1.165, 1.54) is 17.7 Å². The predicted octanol–water partition coefficient (Wildman–Crippen LogP) is 4.41. The van der Waals surface area contributed by atoms with Crippen molar-refractivity contribution < 1.29 is 0 Å². The van der Waals surface area contributed by atoms with Crippen LogP contribution in [0.3, 0.4) is 0 Å². The molecule has 1 unspecified atom stereocenters. The second-order valence-corrected chi connectivity index (χ2v) is 5.27. The van der Waals surface area contributed by atoms with Crippen molar-refractivity contribution in [1.29, 1.82) is 0 Å². The smallest absolute Gasteiger partial charge is 0.0379 e. The topological polar surface area (TPSA) is 12.0 Å². The van der Waals surface area contributed by atoms with Crippen LogP contribution in [0.5, 0.6) is 0 Å². The fourth-order valence-electron chi connectivity index (χ4n) is 1.66. The van der Waals surface area contributed by atoms with Crippen LogP contribution < -0.4 is 5.32 Å². The van der Waals surface area contributed by atoms with Crippen molar-refractivity contribution >= 4 is 5.69 Å². The van der Waals surface area contributed by atoms with Gasteiger partial charge in [-0.15, -0.1) is 0 Å². The Bertz CT molecular complexity index is 309. The summed E-state index contributed by atoms with van der Waals surface area (Å²) in [7, 11) is 0. The first kappa shape index (κ1) is 12.1. The van der Waals surface area contributed by atoms with Crippen molar-refractivity contribution in [2.75, 3.05) is 5.32 Å². The average molecular weight is 205 g/mol. The van der Waals surface area contributed by atoms with Gasteiger partial charge in [0.1, 0.15) is 0 Å². The van der Waals surface area contributed by atoms with E-state index >= 15 is 0 Å². The molecule has 0 aliphatic rings. The summed E-state index contributed by atoms with van der Waals surface area (Å²) in [5, 5.41) is 3.56. The molecule has 0 saturated carbocycles. The van der Waals surface area contributed by atoms with Gasteiger partial charge >= 0.3 is 0 Å². The molecule has 0 bridgehead atoms. The Morgan fingerprint density at radius 3 is 2.33 bits per heavy atom. The minimum atomic E-state index is 0.129. The van der Waals surface area contributed by atoms with Gasteiger partial charge in [-0.3, -0.25) is 0 Å². The van der Waals surface area contributed by atoms with E-state index in [0.717, 1.165) is 0 Å². The molecule has 1 aromatic rings. The number of anilines is 1. The van der Waals surface area contributed by atoms with Crippen LogP contribution in [-0.2, 0) is 0 Å². The summed E-state index contributed by atoms with van der Waals surface area (Å²) in [6, 6.07) is 8.62. The molecule has 84 valence electrons. The minimum absolute atomic E-state index is 0.129. The second-order valence-electron chi connectivity index (χ2n) is 5.27. The van der Waals surface area contributed by atoms with Crippen molar-refractivity contribution in [3.05, 3.63) is 29.8 Å². The maximum absolute atomic E-state index is 3.56. The fourth-order valence-corrected chi connectivity index (χ4v) is 1.66. The zero-order chi connectivity index (χ0) is 11.5. The molecule has 0 aliphatic carbocycles. The van der Waals surface area contributed by atoms with E-state index < -0.39 is 0 Å². The fraction of sp³-hybridized carbons (Fsp3) is 0.571. The molecule has 1 atom stereocenters. The van der Waals surface area contributed by atoms with Gasteiger partial charge in [-0.1, -0.05) is 32.0 Å². The lowest BCUT2D eigenvalue weighted by Gasteiger charge is -2.25. The van der Waals surface area contributed by atoms with Gasteiger partial charge in [-0.2, -0.15) is 0 Å². The molecule has 1 heteroatoms. The van der Waals surface area contributed by atoms with Crippen molar-refractivity contribution in [1.82, 2.24) is 0 Å². The van der Waals surface area contributed by atoms with Crippen molar-refractivity contribution in [3.8, 4) is 0 Å². The molecule has 0 saturated heterocycles. The number of nitrogens with one attached hydrogen (secondary N) is 1. The summed E-state index contributed by atoms with van der Waals surface area (Å²) in [4.78, 5) is 0. The number of rotatable bonds is 3. The SMILES string of the molecule is CCC(C)c1ccccc1NC(C)(C)C. The van der Waals surface area contributed by atoms with Gasteiger partial charge in [-0.25, -0.2) is 0 Å². The first-order chi connectivity index (χ1) is 6.94. The zero-order valence-corrected chi connectivity index (χ0v) is 10.6. The quantitative estimate of drug-likeness (QED) is 0.770. The van der Waals surface area contributed by atoms with Gasteiger partial charge in [0.05, 0.1) is 0 Å². The van der Waals surface area contributed by atoms with Gasteiger partial charge in [-0.05, 0) is 44.7 Å². The molecule has 1 N–H and O–H groups in total. The van der Waals surface area contributed by atoms with Crippen LogP contribution in [0.25, 0.3) is 0 Å². The third kappa shape index (κ3) is 3.58. The predicted molar refractivity (Wildman–Crippen MR) is 68.5 cm³/mol. The van der Waals surface area contributed by atoms with E-state index in [1.54, 1.807) is 0 Å². The Morgan fingerprint density at radius 2 is 1.80 bits per heavy atom. The molecule has 1 nitrogen and oxygen atoms in total. The van der Waals surface area contributed by atoms with E-state index in [2.05, 4.69) is 64.2 Å². The van der Waals surface area contributed by atoms with Gasteiger partial charge in [0.15, 0.2) is 0 Å². The summed E-state index contributed by atoms with van der Waals surface area (Å²) < 4.78 is 0. The first-order valence-corrected chi connectivity index (χ1v) is 5.81. The molecular weight excluding hydrogens is 182 g/mol. The Labute approximate surface area is 93.9 Å².